The second kappa shape index (κ2) is 7.46. The van der Waals surface area contributed by atoms with Crippen molar-refractivity contribution in [2.24, 2.45) is 0 Å². The van der Waals surface area contributed by atoms with E-state index < -0.39 is 0 Å². The minimum Gasteiger partial charge on any atom is -0.467 e. The van der Waals surface area contributed by atoms with Gasteiger partial charge in [0.2, 0.25) is 0 Å². The van der Waals surface area contributed by atoms with E-state index in [1.165, 1.54) is 11.1 Å². The lowest BCUT2D eigenvalue weighted by Gasteiger charge is -2.08. The number of carbonyl (C=O) groups excluding carboxylic acids is 1. The van der Waals surface area contributed by atoms with Crippen LogP contribution < -0.4 is 10.6 Å². The standard InChI is InChI=1S/C19H19N3O2/c1-14-4-6-15(7-5-14)12-21-16-8-9-20-18(11-16)19(23)22-13-17-3-2-10-24-17/h2-11H,12-13H2,1H3,(H,20,21)(H,22,23). The number of benzene rings is 1. The minimum atomic E-state index is -0.231. The van der Waals surface area contributed by atoms with Crippen LogP contribution in [-0.2, 0) is 13.1 Å². The average molecular weight is 321 g/mol. The molecule has 2 N–H and O–H groups in total. The Labute approximate surface area is 140 Å². The highest BCUT2D eigenvalue weighted by atomic mass is 16.3. The van der Waals surface area contributed by atoms with E-state index in [0.29, 0.717) is 24.5 Å². The van der Waals surface area contributed by atoms with Gasteiger partial charge in [-0.05, 0) is 36.8 Å². The summed E-state index contributed by atoms with van der Waals surface area (Å²) >= 11 is 0. The van der Waals surface area contributed by atoms with Crippen LogP contribution >= 0.6 is 0 Å². The summed E-state index contributed by atoms with van der Waals surface area (Å²) in [4.78, 5) is 16.3. The van der Waals surface area contributed by atoms with Gasteiger partial charge in [-0.1, -0.05) is 29.8 Å². The summed E-state index contributed by atoms with van der Waals surface area (Å²) in [6, 6.07) is 15.5. The van der Waals surface area contributed by atoms with Crippen molar-refractivity contribution in [2.75, 3.05) is 5.32 Å². The predicted octanol–water partition coefficient (Wildman–Crippen LogP) is 3.53. The van der Waals surface area contributed by atoms with Gasteiger partial charge in [0, 0.05) is 18.4 Å². The van der Waals surface area contributed by atoms with Crippen LogP contribution in [0.5, 0.6) is 0 Å². The molecule has 0 aliphatic rings. The van der Waals surface area contributed by atoms with Crippen LogP contribution in [0.2, 0.25) is 0 Å². The summed E-state index contributed by atoms with van der Waals surface area (Å²) < 4.78 is 5.19. The Morgan fingerprint density at radius 2 is 1.96 bits per heavy atom. The Balaban J connectivity index is 1.58. The molecule has 3 aromatic rings. The van der Waals surface area contributed by atoms with Gasteiger partial charge in [-0.15, -0.1) is 0 Å². The van der Waals surface area contributed by atoms with Crippen LogP contribution in [0.3, 0.4) is 0 Å². The first-order valence-electron chi connectivity index (χ1n) is 7.77. The van der Waals surface area contributed by atoms with E-state index in [-0.39, 0.29) is 5.91 Å². The van der Waals surface area contributed by atoms with Gasteiger partial charge >= 0.3 is 0 Å². The van der Waals surface area contributed by atoms with Gasteiger partial charge in [-0.3, -0.25) is 9.78 Å². The number of amides is 1. The molecule has 0 unspecified atom stereocenters. The SMILES string of the molecule is Cc1ccc(CNc2ccnc(C(=O)NCc3ccco3)c2)cc1. The van der Waals surface area contributed by atoms with Crippen molar-refractivity contribution < 1.29 is 9.21 Å². The zero-order valence-corrected chi connectivity index (χ0v) is 13.5. The van der Waals surface area contributed by atoms with E-state index in [4.69, 9.17) is 4.42 Å². The molecule has 1 amide bonds. The number of rotatable bonds is 6. The molecule has 1 aromatic carbocycles. The lowest BCUT2D eigenvalue weighted by atomic mass is 10.1. The van der Waals surface area contributed by atoms with Gasteiger partial charge in [0.05, 0.1) is 12.8 Å². The number of aryl methyl sites for hydroxylation is 1. The Bertz CT molecular complexity index is 796. The molecular weight excluding hydrogens is 302 g/mol. The fourth-order valence-corrected chi connectivity index (χ4v) is 2.25. The lowest BCUT2D eigenvalue weighted by molar-refractivity contribution is 0.0943. The number of hydrogen-bond acceptors (Lipinski definition) is 4. The highest BCUT2D eigenvalue weighted by molar-refractivity contribution is 5.93. The van der Waals surface area contributed by atoms with Crippen LogP contribution in [0.1, 0.15) is 27.4 Å². The van der Waals surface area contributed by atoms with Gasteiger partial charge in [-0.25, -0.2) is 0 Å². The zero-order valence-electron chi connectivity index (χ0n) is 13.5. The highest BCUT2D eigenvalue weighted by Gasteiger charge is 2.08. The topological polar surface area (TPSA) is 67.2 Å². The fourth-order valence-electron chi connectivity index (χ4n) is 2.25. The smallest absolute Gasteiger partial charge is 0.270 e. The van der Waals surface area contributed by atoms with Crippen LogP contribution in [-0.4, -0.2) is 10.9 Å². The third-order valence-electron chi connectivity index (χ3n) is 3.61. The molecule has 0 saturated heterocycles. The molecule has 0 bridgehead atoms. The van der Waals surface area contributed by atoms with Crippen molar-refractivity contribution in [2.45, 2.75) is 20.0 Å². The maximum atomic E-state index is 12.2. The number of pyridine rings is 1. The molecule has 3 rings (SSSR count). The number of nitrogens with zero attached hydrogens (tertiary/aromatic N) is 1. The van der Waals surface area contributed by atoms with Crippen molar-refractivity contribution in [3.63, 3.8) is 0 Å². The number of furan rings is 1. The molecule has 5 nitrogen and oxygen atoms in total. The molecule has 0 radical (unpaired) electrons. The molecule has 0 aliphatic heterocycles. The Kier molecular flexibility index (Phi) is 4.91. The Hall–Kier alpha value is -3.08. The molecule has 0 atom stereocenters. The first kappa shape index (κ1) is 15.8. The molecular formula is C19H19N3O2. The second-order valence-corrected chi connectivity index (χ2v) is 5.53. The van der Waals surface area contributed by atoms with Gasteiger partial charge in [-0.2, -0.15) is 0 Å². The minimum absolute atomic E-state index is 0.231. The van der Waals surface area contributed by atoms with Crippen molar-refractivity contribution in [1.82, 2.24) is 10.3 Å². The zero-order chi connectivity index (χ0) is 16.8. The van der Waals surface area contributed by atoms with Gasteiger partial charge in [0.1, 0.15) is 11.5 Å². The van der Waals surface area contributed by atoms with Crippen LogP contribution in [0.25, 0.3) is 0 Å². The van der Waals surface area contributed by atoms with E-state index in [0.717, 1.165) is 5.69 Å². The molecule has 0 spiro atoms. The fraction of sp³-hybridized carbons (Fsp3) is 0.158. The summed E-state index contributed by atoms with van der Waals surface area (Å²) in [5.74, 6) is 0.474. The number of hydrogen-bond donors (Lipinski definition) is 2. The third kappa shape index (κ3) is 4.23. The average Bonchev–Trinajstić information content (AvgIpc) is 3.13. The molecule has 0 saturated carbocycles. The van der Waals surface area contributed by atoms with E-state index in [1.54, 1.807) is 24.6 Å². The number of aromatic nitrogens is 1. The molecule has 2 aromatic heterocycles. The third-order valence-corrected chi connectivity index (χ3v) is 3.61. The largest absolute Gasteiger partial charge is 0.467 e. The molecule has 24 heavy (non-hydrogen) atoms. The van der Waals surface area contributed by atoms with Gasteiger partial charge in [0.25, 0.3) is 5.91 Å². The van der Waals surface area contributed by atoms with Gasteiger partial charge in [0.15, 0.2) is 0 Å². The van der Waals surface area contributed by atoms with Crippen molar-refractivity contribution in [3.05, 3.63) is 83.6 Å². The first-order chi connectivity index (χ1) is 11.7. The molecule has 0 aliphatic carbocycles. The van der Waals surface area contributed by atoms with Crippen LogP contribution in [0, 0.1) is 6.92 Å². The number of anilines is 1. The number of nitrogens with one attached hydrogen (secondary N) is 2. The van der Waals surface area contributed by atoms with Crippen molar-refractivity contribution in [3.8, 4) is 0 Å². The molecule has 5 heteroatoms. The summed E-state index contributed by atoms with van der Waals surface area (Å²) in [7, 11) is 0. The number of carbonyl (C=O) groups is 1. The highest BCUT2D eigenvalue weighted by Crippen LogP contribution is 2.11. The summed E-state index contributed by atoms with van der Waals surface area (Å²) in [5, 5.41) is 6.09. The van der Waals surface area contributed by atoms with Crippen molar-refractivity contribution in [1.29, 1.82) is 0 Å². The van der Waals surface area contributed by atoms with Crippen molar-refractivity contribution >= 4 is 11.6 Å². The first-order valence-corrected chi connectivity index (χ1v) is 7.77. The summed E-state index contributed by atoms with van der Waals surface area (Å²) in [6.45, 7) is 3.10. The Morgan fingerprint density at radius 1 is 1.12 bits per heavy atom. The second-order valence-electron chi connectivity index (χ2n) is 5.53. The van der Waals surface area contributed by atoms with E-state index in [2.05, 4.69) is 46.8 Å². The quantitative estimate of drug-likeness (QED) is 0.729. The predicted molar refractivity (Wildman–Crippen MR) is 92.6 cm³/mol. The van der Waals surface area contributed by atoms with Gasteiger partial charge < -0.3 is 15.1 Å². The van der Waals surface area contributed by atoms with E-state index in [9.17, 15) is 4.79 Å². The lowest BCUT2D eigenvalue weighted by Crippen LogP contribution is -2.23. The molecule has 2 heterocycles. The maximum Gasteiger partial charge on any atom is 0.270 e. The molecule has 0 fully saturated rings. The Morgan fingerprint density at radius 3 is 2.71 bits per heavy atom. The molecule has 122 valence electrons. The monoisotopic (exact) mass is 321 g/mol. The van der Waals surface area contributed by atoms with E-state index in [1.807, 2.05) is 12.1 Å². The van der Waals surface area contributed by atoms with Crippen LogP contribution in [0.15, 0.2) is 65.4 Å². The summed E-state index contributed by atoms with van der Waals surface area (Å²) in [5.41, 5.74) is 3.64. The van der Waals surface area contributed by atoms with E-state index >= 15 is 0 Å². The maximum absolute atomic E-state index is 12.2. The summed E-state index contributed by atoms with van der Waals surface area (Å²) in [6.07, 6.45) is 3.20. The normalized spacial score (nSPS) is 10.4. The van der Waals surface area contributed by atoms with Crippen LogP contribution in [0.4, 0.5) is 5.69 Å².